The van der Waals surface area contributed by atoms with Gasteiger partial charge in [0.15, 0.2) is 0 Å². The van der Waals surface area contributed by atoms with Crippen molar-refractivity contribution < 1.29 is 32.6 Å². The summed E-state index contributed by atoms with van der Waals surface area (Å²) in [5, 5.41) is 13.7. The number of carbonyl (C=O) groups is 2. The molecule has 1 aromatic rings. The summed E-state index contributed by atoms with van der Waals surface area (Å²) in [5.74, 6) is -2.40. The molecule has 0 saturated carbocycles. The lowest BCUT2D eigenvalue weighted by molar-refractivity contribution is -0.290. The molecule has 1 aliphatic rings. The third-order valence-corrected chi connectivity index (χ3v) is 3.72. The maximum absolute atomic E-state index is 13.3. The Hall–Kier alpha value is -2.29. The molecular weight excluding hydrogens is 317 g/mol. The monoisotopic (exact) mass is 332 g/mol. The number of carbonyl (C=O) groups excluding carboxylic acids is 2. The molecule has 0 radical (unpaired) electrons. The first-order valence-electron chi connectivity index (χ1n) is 6.62. The van der Waals surface area contributed by atoms with Crippen LogP contribution < -0.4 is 15.4 Å². The number of aliphatic hydroxyl groups is 1. The molecule has 2 amide bonds. The second kappa shape index (κ2) is 5.73. The van der Waals surface area contributed by atoms with Crippen LogP contribution in [0.3, 0.4) is 0 Å². The summed E-state index contributed by atoms with van der Waals surface area (Å²) in [7, 11) is 1.42. The number of alkyl halides is 3. The number of ether oxygens (including phenoxy) is 1. The molecule has 0 bridgehead atoms. The first-order valence-corrected chi connectivity index (χ1v) is 6.62. The Morgan fingerprint density at radius 1 is 1.30 bits per heavy atom. The first kappa shape index (κ1) is 17.1. The van der Waals surface area contributed by atoms with Crippen molar-refractivity contribution in [2.45, 2.75) is 24.9 Å². The molecule has 9 heteroatoms. The molecule has 1 saturated heterocycles. The highest BCUT2D eigenvalue weighted by atomic mass is 19.4. The Morgan fingerprint density at radius 3 is 2.30 bits per heavy atom. The van der Waals surface area contributed by atoms with Gasteiger partial charge in [-0.2, -0.15) is 13.2 Å². The minimum atomic E-state index is -5.22. The van der Waals surface area contributed by atoms with E-state index in [1.54, 1.807) is 0 Å². The van der Waals surface area contributed by atoms with Crippen LogP contribution >= 0.6 is 0 Å². The summed E-state index contributed by atoms with van der Waals surface area (Å²) in [5.41, 5.74) is -3.41. The van der Waals surface area contributed by atoms with Gasteiger partial charge in [0.05, 0.1) is 19.1 Å². The number of benzene rings is 1. The number of rotatable bonds is 3. The van der Waals surface area contributed by atoms with Crippen molar-refractivity contribution in [1.29, 1.82) is 0 Å². The highest BCUT2D eigenvalue weighted by Crippen LogP contribution is 2.42. The highest BCUT2D eigenvalue weighted by Gasteiger charge is 2.65. The van der Waals surface area contributed by atoms with Gasteiger partial charge in [-0.25, -0.2) is 4.79 Å². The van der Waals surface area contributed by atoms with Crippen molar-refractivity contribution in [3.63, 3.8) is 0 Å². The number of halogens is 3. The van der Waals surface area contributed by atoms with E-state index in [-0.39, 0.29) is 5.56 Å². The van der Waals surface area contributed by atoms with Gasteiger partial charge in [-0.1, -0.05) is 12.1 Å². The lowest BCUT2D eigenvalue weighted by atomic mass is 9.79. The fourth-order valence-electron chi connectivity index (χ4n) is 2.62. The van der Waals surface area contributed by atoms with E-state index in [0.717, 1.165) is 6.92 Å². The SMILES string of the molecule is COc1ccc(C2NC(=O)NC(O)(C(F)(F)F)C2C(C)=O)cc1. The van der Waals surface area contributed by atoms with Crippen LogP contribution in [0.25, 0.3) is 0 Å². The third-order valence-electron chi connectivity index (χ3n) is 3.72. The second-order valence-corrected chi connectivity index (χ2v) is 5.20. The summed E-state index contributed by atoms with van der Waals surface area (Å²) in [6.07, 6.45) is -5.22. The number of hydrogen-bond donors (Lipinski definition) is 3. The van der Waals surface area contributed by atoms with E-state index < -0.39 is 35.7 Å². The Morgan fingerprint density at radius 2 is 1.87 bits per heavy atom. The van der Waals surface area contributed by atoms with Crippen molar-refractivity contribution in [1.82, 2.24) is 10.6 Å². The second-order valence-electron chi connectivity index (χ2n) is 5.20. The van der Waals surface area contributed by atoms with Gasteiger partial charge in [-0.3, -0.25) is 4.79 Å². The van der Waals surface area contributed by atoms with Gasteiger partial charge >= 0.3 is 12.2 Å². The molecule has 2 rings (SSSR count). The Bertz CT molecular complexity index is 617. The molecule has 1 fully saturated rings. The number of nitrogens with one attached hydrogen (secondary N) is 2. The van der Waals surface area contributed by atoms with Gasteiger partial charge < -0.3 is 20.5 Å². The summed E-state index contributed by atoms with van der Waals surface area (Å²) in [4.78, 5) is 23.4. The average Bonchev–Trinajstić information content (AvgIpc) is 2.45. The minimum Gasteiger partial charge on any atom is -0.497 e. The predicted molar refractivity (Wildman–Crippen MR) is 72.6 cm³/mol. The Kier molecular flexibility index (Phi) is 4.25. The van der Waals surface area contributed by atoms with Crippen molar-refractivity contribution in [2.24, 2.45) is 5.92 Å². The van der Waals surface area contributed by atoms with Gasteiger partial charge in [0.1, 0.15) is 11.5 Å². The number of urea groups is 1. The van der Waals surface area contributed by atoms with E-state index in [1.165, 1.54) is 36.7 Å². The number of methoxy groups -OCH3 is 1. The predicted octanol–water partition coefficient (Wildman–Crippen LogP) is 1.51. The average molecular weight is 332 g/mol. The Balaban J connectivity index is 2.51. The summed E-state index contributed by atoms with van der Waals surface area (Å²) < 4.78 is 44.7. The molecular formula is C14H15F3N2O4. The standard InChI is InChI=1S/C14H15F3N2O4/c1-7(20)10-11(8-3-5-9(23-2)6-4-8)18-12(21)19-13(10,22)14(15,16)17/h3-6,10-11,22H,1-2H3,(H2,18,19,21). The smallest absolute Gasteiger partial charge is 0.437 e. The van der Waals surface area contributed by atoms with Crippen LogP contribution in [0.15, 0.2) is 24.3 Å². The van der Waals surface area contributed by atoms with Gasteiger partial charge in [0.2, 0.25) is 5.72 Å². The summed E-state index contributed by atoms with van der Waals surface area (Å²) in [6.45, 7) is 0.928. The van der Waals surface area contributed by atoms with E-state index >= 15 is 0 Å². The number of amides is 2. The minimum absolute atomic E-state index is 0.239. The number of ketones is 1. The van der Waals surface area contributed by atoms with Gasteiger partial charge in [-0.05, 0) is 24.6 Å². The van der Waals surface area contributed by atoms with E-state index in [4.69, 9.17) is 4.74 Å². The zero-order valence-electron chi connectivity index (χ0n) is 12.3. The van der Waals surface area contributed by atoms with E-state index in [0.29, 0.717) is 5.75 Å². The molecule has 0 spiro atoms. The van der Waals surface area contributed by atoms with Crippen molar-refractivity contribution in [3.8, 4) is 5.75 Å². The van der Waals surface area contributed by atoms with Gasteiger partial charge in [-0.15, -0.1) is 0 Å². The molecule has 6 nitrogen and oxygen atoms in total. The van der Waals surface area contributed by atoms with Crippen LogP contribution in [0.5, 0.6) is 5.75 Å². The van der Waals surface area contributed by atoms with E-state index in [2.05, 4.69) is 5.32 Å². The number of hydrogen-bond acceptors (Lipinski definition) is 4. The largest absolute Gasteiger partial charge is 0.497 e. The quantitative estimate of drug-likeness (QED) is 0.783. The molecule has 0 aromatic heterocycles. The lowest BCUT2D eigenvalue weighted by Crippen LogP contribution is -2.72. The molecule has 1 aromatic carbocycles. The Labute approximate surface area is 129 Å². The molecule has 3 N–H and O–H groups in total. The fourth-order valence-corrected chi connectivity index (χ4v) is 2.62. The summed E-state index contributed by atoms with van der Waals surface area (Å²) >= 11 is 0. The molecule has 126 valence electrons. The van der Waals surface area contributed by atoms with E-state index in [1.807, 2.05) is 0 Å². The van der Waals surface area contributed by atoms with E-state index in [9.17, 15) is 27.9 Å². The van der Waals surface area contributed by atoms with Crippen molar-refractivity contribution in [2.75, 3.05) is 7.11 Å². The molecule has 23 heavy (non-hydrogen) atoms. The maximum Gasteiger partial charge on any atom is 0.437 e. The van der Waals surface area contributed by atoms with Gasteiger partial charge in [0, 0.05) is 0 Å². The maximum atomic E-state index is 13.3. The van der Waals surface area contributed by atoms with Crippen molar-refractivity contribution >= 4 is 11.8 Å². The van der Waals surface area contributed by atoms with Crippen molar-refractivity contribution in [3.05, 3.63) is 29.8 Å². The zero-order valence-corrected chi connectivity index (χ0v) is 12.3. The lowest BCUT2D eigenvalue weighted by Gasteiger charge is -2.44. The normalized spacial score (nSPS) is 27.8. The highest BCUT2D eigenvalue weighted by molar-refractivity contribution is 5.86. The van der Waals surface area contributed by atoms with Crippen LogP contribution in [0.1, 0.15) is 18.5 Å². The fraction of sp³-hybridized carbons (Fsp3) is 0.429. The van der Waals surface area contributed by atoms with Crippen LogP contribution in [0.2, 0.25) is 0 Å². The van der Waals surface area contributed by atoms with Gasteiger partial charge in [0.25, 0.3) is 0 Å². The topological polar surface area (TPSA) is 87.7 Å². The van der Waals surface area contributed by atoms with Crippen LogP contribution in [-0.2, 0) is 4.79 Å². The zero-order chi connectivity index (χ0) is 17.4. The third kappa shape index (κ3) is 2.96. The van der Waals surface area contributed by atoms with Crippen LogP contribution in [-0.4, -0.2) is 35.9 Å². The van der Waals surface area contributed by atoms with Crippen LogP contribution in [0.4, 0.5) is 18.0 Å². The number of Topliss-reactive ketones (excluding diaryl/α,β-unsaturated/α-hetero) is 1. The molecule has 3 unspecified atom stereocenters. The molecule has 1 heterocycles. The molecule has 0 aliphatic carbocycles. The molecule has 3 atom stereocenters. The molecule has 1 aliphatic heterocycles. The first-order chi connectivity index (χ1) is 10.6. The summed E-state index contributed by atoms with van der Waals surface area (Å²) in [6, 6.07) is 3.24. The van der Waals surface area contributed by atoms with Crippen LogP contribution in [0, 0.1) is 5.92 Å².